The van der Waals surface area contributed by atoms with E-state index >= 15 is 0 Å². The normalized spacial score (nSPS) is 14.1. The highest BCUT2D eigenvalue weighted by molar-refractivity contribution is 5.88. The Balaban J connectivity index is 1.61. The zero-order valence-corrected chi connectivity index (χ0v) is 17.2. The monoisotopic (exact) mass is 396 g/mol. The summed E-state index contributed by atoms with van der Waals surface area (Å²) in [4.78, 5) is 27.4. The molecular weight excluding hydrogens is 368 g/mol. The Hall–Kier alpha value is -3.02. The van der Waals surface area contributed by atoms with E-state index in [1.54, 1.807) is 19.2 Å². The predicted octanol–water partition coefficient (Wildman–Crippen LogP) is 2.80. The van der Waals surface area contributed by atoms with E-state index in [0.29, 0.717) is 24.6 Å². The number of fused-ring (bicyclic) bond motifs is 1. The number of ether oxygens (including phenoxy) is 2. The Morgan fingerprint density at radius 2 is 1.69 bits per heavy atom. The number of amides is 2. The Bertz CT molecular complexity index is 865. The molecule has 154 valence electrons. The summed E-state index contributed by atoms with van der Waals surface area (Å²) in [6.45, 7) is 4.92. The summed E-state index contributed by atoms with van der Waals surface area (Å²) >= 11 is 0. The number of nitrogens with one attached hydrogen (secondary N) is 1. The van der Waals surface area contributed by atoms with Crippen molar-refractivity contribution < 1.29 is 19.1 Å². The minimum Gasteiger partial charge on any atom is -0.493 e. The molecule has 0 unspecified atom stereocenters. The molecule has 6 heteroatoms. The fourth-order valence-corrected chi connectivity index (χ4v) is 3.49. The molecule has 2 aromatic rings. The van der Waals surface area contributed by atoms with Gasteiger partial charge in [-0.1, -0.05) is 50.2 Å². The van der Waals surface area contributed by atoms with Gasteiger partial charge in [-0.3, -0.25) is 9.59 Å². The summed E-state index contributed by atoms with van der Waals surface area (Å²) in [6, 6.07) is 14.7. The second-order valence-electron chi connectivity index (χ2n) is 7.51. The van der Waals surface area contributed by atoms with Gasteiger partial charge < -0.3 is 19.7 Å². The van der Waals surface area contributed by atoms with Gasteiger partial charge in [-0.2, -0.15) is 0 Å². The summed E-state index contributed by atoms with van der Waals surface area (Å²) in [5.74, 6) is 0.629. The van der Waals surface area contributed by atoms with Crippen LogP contribution in [-0.4, -0.2) is 43.0 Å². The highest BCUT2D eigenvalue weighted by Crippen LogP contribution is 2.25. The van der Waals surface area contributed by atoms with Gasteiger partial charge in [0.15, 0.2) is 18.1 Å². The molecule has 1 heterocycles. The van der Waals surface area contributed by atoms with E-state index < -0.39 is 6.04 Å². The standard InChI is InChI=1S/C23H28N2O4/c1-16(2)22(23(27)25-13-12-17-8-4-5-9-18(17)14-25)24-21(26)15-29-20-11-7-6-10-19(20)28-3/h4-11,16,22H,12-15H2,1-3H3,(H,24,26)/t22-/m1/s1. The van der Waals surface area contributed by atoms with Gasteiger partial charge in [0.05, 0.1) is 7.11 Å². The third-order valence-electron chi connectivity index (χ3n) is 5.12. The Morgan fingerprint density at radius 1 is 1.03 bits per heavy atom. The molecule has 0 aromatic heterocycles. The second kappa shape index (κ2) is 9.45. The number of nitrogens with zero attached hydrogens (tertiary/aromatic N) is 1. The molecule has 0 radical (unpaired) electrons. The lowest BCUT2D eigenvalue weighted by molar-refractivity contribution is -0.139. The molecule has 0 bridgehead atoms. The summed E-state index contributed by atoms with van der Waals surface area (Å²) in [7, 11) is 1.55. The summed E-state index contributed by atoms with van der Waals surface area (Å²) in [5, 5.41) is 2.85. The van der Waals surface area contributed by atoms with Gasteiger partial charge in [-0.05, 0) is 35.6 Å². The molecule has 3 rings (SSSR count). The zero-order valence-electron chi connectivity index (χ0n) is 17.2. The minimum absolute atomic E-state index is 0.0325. The number of para-hydroxylation sites is 2. The first-order chi connectivity index (χ1) is 14.0. The lowest BCUT2D eigenvalue weighted by atomic mass is 9.97. The van der Waals surface area contributed by atoms with Gasteiger partial charge in [0.1, 0.15) is 6.04 Å². The van der Waals surface area contributed by atoms with E-state index in [-0.39, 0.29) is 24.3 Å². The van der Waals surface area contributed by atoms with Crippen LogP contribution in [0.5, 0.6) is 11.5 Å². The van der Waals surface area contributed by atoms with Crippen LogP contribution in [0.1, 0.15) is 25.0 Å². The first kappa shape index (κ1) is 20.7. The van der Waals surface area contributed by atoms with E-state index in [9.17, 15) is 9.59 Å². The molecule has 2 aromatic carbocycles. The van der Waals surface area contributed by atoms with Crippen LogP contribution >= 0.6 is 0 Å². The van der Waals surface area contributed by atoms with Crippen LogP contribution in [0.3, 0.4) is 0 Å². The van der Waals surface area contributed by atoms with Crippen LogP contribution < -0.4 is 14.8 Å². The van der Waals surface area contributed by atoms with Crippen molar-refractivity contribution in [3.63, 3.8) is 0 Å². The zero-order chi connectivity index (χ0) is 20.8. The fourth-order valence-electron chi connectivity index (χ4n) is 3.49. The van der Waals surface area contributed by atoms with Gasteiger partial charge in [-0.25, -0.2) is 0 Å². The first-order valence-electron chi connectivity index (χ1n) is 9.90. The first-order valence-corrected chi connectivity index (χ1v) is 9.90. The van der Waals surface area contributed by atoms with E-state index in [1.165, 1.54) is 11.1 Å². The summed E-state index contributed by atoms with van der Waals surface area (Å²) < 4.78 is 10.8. The molecule has 1 N–H and O–H groups in total. The Morgan fingerprint density at radius 3 is 2.38 bits per heavy atom. The van der Waals surface area contributed by atoms with Crippen molar-refractivity contribution in [2.75, 3.05) is 20.3 Å². The molecular formula is C23H28N2O4. The Kier molecular flexibility index (Phi) is 6.75. The number of methoxy groups -OCH3 is 1. The maximum Gasteiger partial charge on any atom is 0.258 e. The lowest BCUT2D eigenvalue weighted by Gasteiger charge is -2.33. The van der Waals surface area contributed by atoms with Crippen molar-refractivity contribution in [3.8, 4) is 11.5 Å². The van der Waals surface area contributed by atoms with Crippen LogP contribution in [-0.2, 0) is 22.6 Å². The van der Waals surface area contributed by atoms with Crippen molar-refractivity contribution in [1.82, 2.24) is 10.2 Å². The molecule has 0 aliphatic carbocycles. The number of hydrogen-bond acceptors (Lipinski definition) is 4. The third kappa shape index (κ3) is 5.08. The van der Waals surface area contributed by atoms with Crippen LogP contribution in [0.25, 0.3) is 0 Å². The molecule has 0 saturated heterocycles. The third-order valence-corrected chi connectivity index (χ3v) is 5.12. The molecule has 1 aliphatic rings. The van der Waals surface area contributed by atoms with Gasteiger partial charge >= 0.3 is 0 Å². The quantitative estimate of drug-likeness (QED) is 0.782. The number of hydrogen-bond donors (Lipinski definition) is 1. The van der Waals surface area contributed by atoms with Crippen LogP contribution in [0.2, 0.25) is 0 Å². The maximum absolute atomic E-state index is 13.1. The smallest absolute Gasteiger partial charge is 0.258 e. The molecule has 0 fully saturated rings. The van der Waals surface area contributed by atoms with Crippen molar-refractivity contribution >= 4 is 11.8 Å². The van der Waals surface area contributed by atoms with Gasteiger partial charge in [0, 0.05) is 13.1 Å². The average molecular weight is 396 g/mol. The van der Waals surface area contributed by atoms with Gasteiger partial charge in [0.25, 0.3) is 5.91 Å². The van der Waals surface area contributed by atoms with Crippen molar-refractivity contribution in [3.05, 3.63) is 59.7 Å². The van der Waals surface area contributed by atoms with Crippen molar-refractivity contribution in [1.29, 1.82) is 0 Å². The second-order valence-corrected chi connectivity index (χ2v) is 7.51. The largest absolute Gasteiger partial charge is 0.493 e. The summed E-state index contributed by atoms with van der Waals surface area (Å²) in [5.41, 5.74) is 2.45. The Labute approximate surface area is 171 Å². The highest BCUT2D eigenvalue weighted by atomic mass is 16.5. The highest BCUT2D eigenvalue weighted by Gasteiger charge is 2.30. The summed E-state index contributed by atoms with van der Waals surface area (Å²) in [6.07, 6.45) is 0.831. The van der Waals surface area contributed by atoms with Gasteiger partial charge in [-0.15, -0.1) is 0 Å². The van der Waals surface area contributed by atoms with Crippen molar-refractivity contribution in [2.45, 2.75) is 32.9 Å². The van der Waals surface area contributed by atoms with Crippen LogP contribution in [0.4, 0.5) is 0 Å². The number of carbonyl (C=O) groups excluding carboxylic acids is 2. The molecule has 0 spiro atoms. The minimum atomic E-state index is -0.589. The van der Waals surface area contributed by atoms with Crippen LogP contribution in [0.15, 0.2) is 48.5 Å². The fraction of sp³-hybridized carbons (Fsp3) is 0.391. The number of carbonyl (C=O) groups is 2. The van der Waals surface area contributed by atoms with E-state index in [0.717, 1.165) is 6.42 Å². The SMILES string of the molecule is COc1ccccc1OCC(=O)N[C@@H](C(=O)N1CCc2ccccc2C1)C(C)C. The molecule has 0 saturated carbocycles. The molecule has 2 amide bonds. The van der Waals surface area contributed by atoms with E-state index in [1.807, 2.05) is 43.0 Å². The molecule has 6 nitrogen and oxygen atoms in total. The topological polar surface area (TPSA) is 67.9 Å². The van der Waals surface area contributed by atoms with Crippen molar-refractivity contribution in [2.24, 2.45) is 5.92 Å². The number of rotatable bonds is 7. The van der Waals surface area contributed by atoms with Gasteiger partial charge in [0.2, 0.25) is 5.91 Å². The molecule has 1 atom stereocenters. The number of benzene rings is 2. The lowest BCUT2D eigenvalue weighted by Crippen LogP contribution is -2.53. The maximum atomic E-state index is 13.1. The van der Waals surface area contributed by atoms with E-state index in [2.05, 4.69) is 17.4 Å². The molecule has 1 aliphatic heterocycles. The predicted molar refractivity (Wildman–Crippen MR) is 111 cm³/mol. The average Bonchev–Trinajstić information content (AvgIpc) is 2.75. The van der Waals surface area contributed by atoms with E-state index in [4.69, 9.17) is 9.47 Å². The van der Waals surface area contributed by atoms with Crippen LogP contribution in [0, 0.1) is 5.92 Å². The molecule has 29 heavy (non-hydrogen) atoms.